The number of aromatic nitrogens is 4. The van der Waals surface area contributed by atoms with Crippen molar-refractivity contribution in [2.24, 2.45) is 7.05 Å². The summed E-state index contributed by atoms with van der Waals surface area (Å²) in [6.07, 6.45) is 5.24. The maximum atomic E-state index is 5.98. The lowest BCUT2D eigenvalue weighted by Gasteiger charge is -2.16. The van der Waals surface area contributed by atoms with Crippen LogP contribution in [-0.4, -0.2) is 19.7 Å². The van der Waals surface area contributed by atoms with Gasteiger partial charge in [0.15, 0.2) is 5.82 Å². The average Bonchev–Trinajstić information content (AvgIpc) is 2.88. The van der Waals surface area contributed by atoms with Gasteiger partial charge in [-0.2, -0.15) is 0 Å². The number of rotatable bonds is 3. The first-order chi connectivity index (χ1) is 9.66. The van der Waals surface area contributed by atoms with Crippen molar-refractivity contribution in [2.45, 2.75) is 13.0 Å². The maximum absolute atomic E-state index is 5.98. The molecule has 0 saturated heterocycles. The van der Waals surface area contributed by atoms with Crippen molar-refractivity contribution >= 4 is 22.1 Å². The fourth-order valence-corrected chi connectivity index (χ4v) is 2.32. The van der Waals surface area contributed by atoms with E-state index in [-0.39, 0.29) is 6.04 Å². The van der Waals surface area contributed by atoms with Crippen molar-refractivity contribution in [3.63, 3.8) is 0 Å². The van der Waals surface area contributed by atoms with Gasteiger partial charge in [0.05, 0.1) is 6.04 Å². The van der Waals surface area contributed by atoms with Crippen LogP contribution < -0.4 is 11.1 Å². The van der Waals surface area contributed by atoms with Crippen LogP contribution in [0.4, 0.5) is 11.4 Å². The molecular weight excluding hydrogens is 252 g/mol. The van der Waals surface area contributed by atoms with Crippen molar-refractivity contribution in [3.05, 3.63) is 42.7 Å². The first-order valence-electron chi connectivity index (χ1n) is 6.39. The third-order valence-corrected chi connectivity index (χ3v) is 3.36. The van der Waals surface area contributed by atoms with Crippen LogP contribution in [0, 0.1) is 0 Å². The van der Waals surface area contributed by atoms with Gasteiger partial charge in [0, 0.05) is 41.6 Å². The number of benzene rings is 1. The quantitative estimate of drug-likeness (QED) is 0.711. The molecular formula is C14H16N6. The molecule has 3 aromatic rings. The summed E-state index contributed by atoms with van der Waals surface area (Å²) in [7, 11) is 1.93. The number of fused-ring (bicyclic) bond motifs is 1. The number of hydrogen-bond donors (Lipinski definition) is 2. The number of nitrogens with two attached hydrogens (primary N) is 1. The minimum Gasteiger partial charge on any atom is -0.398 e. The molecule has 0 aliphatic rings. The second kappa shape index (κ2) is 4.80. The van der Waals surface area contributed by atoms with Gasteiger partial charge in [-0.05, 0) is 25.1 Å². The summed E-state index contributed by atoms with van der Waals surface area (Å²) in [4.78, 5) is 4.12. The van der Waals surface area contributed by atoms with Gasteiger partial charge in [-0.1, -0.05) is 0 Å². The van der Waals surface area contributed by atoms with Gasteiger partial charge in [-0.15, -0.1) is 10.2 Å². The fourth-order valence-electron chi connectivity index (χ4n) is 2.32. The zero-order valence-corrected chi connectivity index (χ0v) is 11.4. The molecule has 1 aromatic carbocycles. The first kappa shape index (κ1) is 12.4. The minimum atomic E-state index is 0.0440. The number of nitrogens with zero attached hydrogens (tertiary/aromatic N) is 4. The molecule has 0 spiro atoms. The van der Waals surface area contributed by atoms with Crippen LogP contribution in [0.15, 0.2) is 36.9 Å². The third kappa shape index (κ3) is 2.05. The Kier molecular flexibility index (Phi) is 2.98. The van der Waals surface area contributed by atoms with Gasteiger partial charge < -0.3 is 15.6 Å². The highest BCUT2D eigenvalue weighted by atomic mass is 15.3. The van der Waals surface area contributed by atoms with Crippen LogP contribution in [0.2, 0.25) is 0 Å². The van der Waals surface area contributed by atoms with Gasteiger partial charge in [-0.3, -0.25) is 4.98 Å². The lowest BCUT2D eigenvalue weighted by molar-refractivity contribution is 0.720. The summed E-state index contributed by atoms with van der Waals surface area (Å²) < 4.78 is 1.90. The van der Waals surface area contributed by atoms with Crippen LogP contribution in [0.25, 0.3) is 10.8 Å². The first-order valence-corrected chi connectivity index (χ1v) is 6.39. The lowest BCUT2D eigenvalue weighted by atomic mass is 10.1. The molecule has 0 aliphatic carbocycles. The molecule has 0 aliphatic heterocycles. The van der Waals surface area contributed by atoms with E-state index in [1.807, 2.05) is 36.7 Å². The van der Waals surface area contributed by atoms with Crippen LogP contribution in [-0.2, 0) is 7.05 Å². The van der Waals surface area contributed by atoms with E-state index < -0.39 is 0 Å². The van der Waals surface area contributed by atoms with Gasteiger partial charge >= 0.3 is 0 Å². The highest BCUT2D eigenvalue weighted by molar-refractivity contribution is 6.00. The van der Waals surface area contributed by atoms with Crippen LogP contribution in [0.3, 0.4) is 0 Å². The fraction of sp³-hybridized carbons (Fsp3) is 0.214. The predicted molar refractivity (Wildman–Crippen MR) is 79.2 cm³/mol. The van der Waals surface area contributed by atoms with E-state index in [2.05, 4.69) is 20.5 Å². The summed E-state index contributed by atoms with van der Waals surface area (Å²) in [6, 6.07) is 5.86. The molecule has 6 nitrogen and oxygen atoms in total. The second-order valence-electron chi connectivity index (χ2n) is 4.79. The van der Waals surface area contributed by atoms with E-state index in [1.54, 1.807) is 18.7 Å². The molecule has 1 unspecified atom stereocenters. The van der Waals surface area contributed by atoms with E-state index in [9.17, 15) is 0 Å². The Morgan fingerprint density at radius 2 is 2.10 bits per heavy atom. The highest BCUT2D eigenvalue weighted by Gasteiger charge is 2.13. The molecule has 3 N–H and O–H groups in total. The van der Waals surface area contributed by atoms with Crippen molar-refractivity contribution < 1.29 is 0 Å². The van der Waals surface area contributed by atoms with Gasteiger partial charge in [-0.25, -0.2) is 0 Å². The third-order valence-electron chi connectivity index (χ3n) is 3.36. The van der Waals surface area contributed by atoms with Gasteiger partial charge in [0.2, 0.25) is 0 Å². The van der Waals surface area contributed by atoms with E-state index in [1.165, 1.54) is 0 Å². The Balaban J connectivity index is 1.99. The highest BCUT2D eigenvalue weighted by Crippen LogP contribution is 2.29. The van der Waals surface area contributed by atoms with E-state index in [0.717, 1.165) is 28.0 Å². The van der Waals surface area contributed by atoms with E-state index in [4.69, 9.17) is 5.73 Å². The Bertz CT molecular complexity index is 748. The SMILES string of the molecule is CC(Nc1ccc(N)c2cnccc12)c1nncn1C. The minimum absolute atomic E-state index is 0.0440. The average molecular weight is 268 g/mol. The van der Waals surface area contributed by atoms with Gasteiger partial charge in [0.1, 0.15) is 6.33 Å². The van der Waals surface area contributed by atoms with Crippen molar-refractivity contribution in [3.8, 4) is 0 Å². The summed E-state index contributed by atoms with van der Waals surface area (Å²) >= 11 is 0. The molecule has 2 aromatic heterocycles. The monoisotopic (exact) mass is 268 g/mol. The standard InChI is InChI=1S/C14H16N6/c1-9(14-19-17-8-20(14)2)18-13-4-3-12(15)11-7-16-6-5-10(11)13/h3-9,18H,15H2,1-2H3. The molecule has 102 valence electrons. The summed E-state index contributed by atoms with van der Waals surface area (Å²) in [5, 5.41) is 13.5. The van der Waals surface area contributed by atoms with Crippen LogP contribution in [0.5, 0.6) is 0 Å². The molecule has 0 fully saturated rings. The number of hydrogen-bond acceptors (Lipinski definition) is 5. The number of anilines is 2. The summed E-state index contributed by atoms with van der Waals surface area (Å²) in [5.41, 5.74) is 7.71. The van der Waals surface area contributed by atoms with Gasteiger partial charge in [0.25, 0.3) is 0 Å². The topological polar surface area (TPSA) is 81.7 Å². The second-order valence-corrected chi connectivity index (χ2v) is 4.79. The molecule has 2 heterocycles. The molecule has 0 amide bonds. The van der Waals surface area contributed by atoms with Crippen molar-refractivity contribution in [1.82, 2.24) is 19.7 Å². The van der Waals surface area contributed by atoms with Crippen molar-refractivity contribution in [1.29, 1.82) is 0 Å². The molecule has 0 radical (unpaired) electrons. The van der Waals surface area contributed by atoms with Crippen LogP contribution in [0.1, 0.15) is 18.8 Å². The Hall–Kier alpha value is -2.63. The largest absolute Gasteiger partial charge is 0.398 e. The molecule has 0 bridgehead atoms. The molecule has 6 heteroatoms. The number of aryl methyl sites for hydroxylation is 1. The number of nitrogens with one attached hydrogen (secondary N) is 1. The number of nitrogen functional groups attached to an aromatic ring is 1. The molecule has 3 rings (SSSR count). The molecule has 0 saturated carbocycles. The smallest absolute Gasteiger partial charge is 0.154 e. The van der Waals surface area contributed by atoms with E-state index in [0.29, 0.717) is 0 Å². The normalized spacial score (nSPS) is 12.5. The number of pyridine rings is 1. The van der Waals surface area contributed by atoms with Crippen molar-refractivity contribution in [2.75, 3.05) is 11.1 Å². The Morgan fingerprint density at radius 1 is 1.25 bits per heavy atom. The molecule has 20 heavy (non-hydrogen) atoms. The zero-order chi connectivity index (χ0) is 14.1. The lowest BCUT2D eigenvalue weighted by Crippen LogP contribution is -2.12. The summed E-state index contributed by atoms with van der Waals surface area (Å²) in [5.74, 6) is 0.879. The zero-order valence-electron chi connectivity index (χ0n) is 11.4. The Morgan fingerprint density at radius 3 is 2.85 bits per heavy atom. The predicted octanol–water partition coefficient (Wildman–Crippen LogP) is 2.12. The Labute approximate surface area is 116 Å². The van der Waals surface area contributed by atoms with E-state index >= 15 is 0 Å². The molecule has 1 atom stereocenters. The maximum Gasteiger partial charge on any atom is 0.154 e. The summed E-state index contributed by atoms with van der Waals surface area (Å²) in [6.45, 7) is 2.05. The van der Waals surface area contributed by atoms with Crippen LogP contribution >= 0.6 is 0 Å².